The molecule has 0 spiro atoms. The summed E-state index contributed by atoms with van der Waals surface area (Å²) in [4.78, 5) is 21.4. The van der Waals surface area contributed by atoms with Crippen molar-refractivity contribution in [2.75, 3.05) is 26.2 Å². The quantitative estimate of drug-likeness (QED) is 0.868. The van der Waals surface area contributed by atoms with Crippen LogP contribution in [0.1, 0.15) is 44.3 Å². The van der Waals surface area contributed by atoms with Gasteiger partial charge in [-0.15, -0.1) is 11.3 Å². The lowest BCUT2D eigenvalue weighted by Crippen LogP contribution is -2.58. The summed E-state index contributed by atoms with van der Waals surface area (Å²) in [5.74, 6) is 0.0935. The summed E-state index contributed by atoms with van der Waals surface area (Å²) in [6.07, 6.45) is 2.67. The molecule has 1 fully saturated rings. The van der Waals surface area contributed by atoms with E-state index < -0.39 is 5.54 Å². The van der Waals surface area contributed by atoms with Crippen LogP contribution in [0, 0.1) is 0 Å². The predicted molar refractivity (Wildman–Crippen MR) is 90.8 cm³/mol. The topological polar surface area (TPSA) is 62.5 Å². The molecule has 0 radical (unpaired) electrons. The number of aromatic nitrogens is 1. The van der Waals surface area contributed by atoms with Gasteiger partial charge < -0.3 is 10.6 Å². The monoisotopic (exact) mass is 324 g/mol. The Morgan fingerprint density at radius 2 is 2.05 bits per heavy atom. The molecule has 1 atom stereocenters. The second-order valence-corrected chi connectivity index (χ2v) is 7.26. The molecular formula is C16H28N4OS. The zero-order valence-electron chi connectivity index (χ0n) is 14.0. The highest BCUT2D eigenvalue weighted by atomic mass is 32.1. The van der Waals surface area contributed by atoms with Crippen LogP contribution >= 0.6 is 11.3 Å². The smallest absolute Gasteiger partial charge is 0.242 e. The van der Waals surface area contributed by atoms with Crippen LogP contribution in [0.4, 0.5) is 0 Å². The summed E-state index contributed by atoms with van der Waals surface area (Å²) >= 11 is 1.73. The fourth-order valence-corrected chi connectivity index (χ4v) is 3.65. The molecule has 2 rings (SSSR count). The van der Waals surface area contributed by atoms with Crippen LogP contribution in [0.15, 0.2) is 5.38 Å². The van der Waals surface area contributed by atoms with Crippen molar-refractivity contribution in [3.05, 3.63) is 16.1 Å². The molecule has 1 aromatic rings. The molecule has 1 aliphatic heterocycles. The molecule has 5 nitrogen and oxygen atoms in total. The van der Waals surface area contributed by atoms with E-state index in [-0.39, 0.29) is 5.91 Å². The van der Waals surface area contributed by atoms with E-state index in [0.717, 1.165) is 57.7 Å². The first-order valence-electron chi connectivity index (χ1n) is 8.20. The maximum atomic E-state index is 12.5. The fourth-order valence-electron chi connectivity index (χ4n) is 2.91. The van der Waals surface area contributed by atoms with Crippen molar-refractivity contribution in [2.45, 2.75) is 52.1 Å². The molecule has 0 aliphatic carbocycles. The predicted octanol–water partition coefficient (Wildman–Crippen LogP) is 1.87. The van der Waals surface area contributed by atoms with E-state index in [1.165, 1.54) is 5.01 Å². The molecule has 1 saturated heterocycles. The first-order valence-corrected chi connectivity index (χ1v) is 9.08. The maximum Gasteiger partial charge on any atom is 0.242 e. The number of amides is 1. The molecule has 124 valence electrons. The lowest BCUT2D eigenvalue weighted by Gasteiger charge is -2.38. The van der Waals surface area contributed by atoms with E-state index >= 15 is 0 Å². The second kappa shape index (κ2) is 7.53. The van der Waals surface area contributed by atoms with Crippen molar-refractivity contribution in [3.63, 3.8) is 0 Å². The van der Waals surface area contributed by atoms with Gasteiger partial charge in [0.15, 0.2) is 0 Å². The van der Waals surface area contributed by atoms with Crippen molar-refractivity contribution >= 4 is 17.2 Å². The van der Waals surface area contributed by atoms with Gasteiger partial charge in [-0.25, -0.2) is 4.98 Å². The normalized spacial score (nSPS) is 19.2. The third kappa shape index (κ3) is 4.27. The van der Waals surface area contributed by atoms with E-state index in [0.29, 0.717) is 0 Å². The minimum absolute atomic E-state index is 0.0935. The highest BCUT2D eigenvalue weighted by Gasteiger charge is 2.33. The number of nitrogens with zero attached hydrogens (tertiary/aromatic N) is 3. The molecule has 0 bridgehead atoms. The minimum atomic E-state index is -0.720. The van der Waals surface area contributed by atoms with Crippen molar-refractivity contribution in [1.82, 2.24) is 14.8 Å². The van der Waals surface area contributed by atoms with Crippen molar-refractivity contribution in [2.24, 2.45) is 5.73 Å². The number of carbonyl (C=O) groups is 1. The van der Waals surface area contributed by atoms with Crippen LogP contribution < -0.4 is 5.73 Å². The fraction of sp³-hybridized carbons (Fsp3) is 0.750. The number of hydrogen-bond donors (Lipinski definition) is 1. The lowest BCUT2D eigenvalue weighted by molar-refractivity contribution is -0.138. The highest BCUT2D eigenvalue weighted by Crippen LogP contribution is 2.17. The molecule has 1 aromatic heterocycles. The number of thiazole rings is 1. The van der Waals surface area contributed by atoms with Gasteiger partial charge in [-0.05, 0) is 19.8 Å². The van der Waals surface area contributed by atoms with Gasteiger partial charge in [0, 0.05) is 38.1 Å². The first-order chi connectivity index (χ1) is 10.5. The highest BCUT2D eigenvalue weighted by molar-refractivity contribution is 7.09. The third-order valence-corrected chi connectivity index (χ3v) is 5.25. The summed E-state index contributed by atoms with van der Waals surface area (Å²) in [5, 5.41) is 3.34. The number of nitrogens with two attached hydrogens (primary N) is 1. The van der Waals surface area contributed by atoms with Gasteiger partial charge in [0.25, 0.3) is 0 Å². The van der Waals surface area contributed by atoms with Crippen LogP contribution in [0.3, 0.4) is 0 Å². The van der Waals surface area contributed by atoms with Crippen molar-refractivity contribution in [3.8, 4) is 0 Å². The van der Waals surface area contributed by atoms with Crippen molar-refractivity contribution in [1.29, 1.82) is 0 Å². The van der Waals surface area contributed by atoms with Crippen LogP contribution in [-0.2, 0) is 17.8 Å². The van der Waals surface area contributed by atoms with Crippen LogP contribution in [0.25, 0.3) is 0 Å². The van der Waals surface area contributed by atoms with Crippen LogP contribution in [0.5, 0.6) is 0 Å². The Balaban J connectivity index is 1.83. The molecule has 1 amide bonds. The summed E-state index contributed by atoms with van der Waals surface area (Å²) in [7, 11) is 0. The minimum Gasteiger partial charge on any atom is -0.339 e. The van der Waals surface area contributed by atoms with E-state index in [1.54, 1.807) is 11.3 Å². The number of carbonyl (C=O) groups excluding carboxylic acids is 1. The molecule has 1 aliphatic rings. The van der Waals surface area contributed by atoms with Gasteiger partial charge in [-0.1, -0.05) is 20.3 Å². The summed E-state index contributed by atoms with van der Waals surface area (Å²) < 4.78 is 0. The molecule has 6 heteroatoms. The standard InChI is InChI=1S/C16H28N4OS/c1-4-6-16(3,17)15(21)20-9-7-19(8-10-20)11-13-12-22-14(5-2)18-13/h12H,4-11,17H2,1-3H3. The number of piperazine rings is 1. The third-order valence-electron chi connectivity index (χ3n) is 4.20. The Hall–Kier alpha value is -0.980. The summed E-state index contributed by atoms with van der Waals surface area (Å²) in [6, 6.07) is 0. The van der Waals surface area contributed by atoms with Gasteiger partial charge >= 0.3 is 0 Å². The molecule has 22 heavy (non-hydrogen) atoms. The Morgan fingerprint density at radius 3 is 2.59 bits per heavy atom. The molecular weight excluding hydrogens is 296 g/mol. The molecule has 0 aromatic carbocycles. The molecule has 1 unspecified atom stereocenters. The SMILES string of the molecule is CCCC(C)(N)C(=O)N1CCN(Cc2csc(CC)n2)CC1. The van der Waals surface area contributed by atoms with Gasteiger partial charge in [0.05, 0.1) is 16.2 Å². The zero-order chi connectivity index (χ0) is 16.2. The average molecular weight is 324 g/mol. The van der Waals surface area contributed by atoms with E-state index in [1.807, 2.05) is 11.8 Å². The summed E-state index contributed by atoms with van der Waals surface area (Å²) in [6.45, 7) is 10.3. The van der Waals surface area contributed by atoms with Gasteiger partial charge in [-0.3, -0.25) is 9.69 Å². The van der Waals surface area contributed by atoms with E-state index in [9.17, 15) is 4.79 Å². The average Bonchev–Trinajstić information content (AvgIpc) is 2.95. The van der Waals surface area contributed by atoms with Gasteiger partial charge in [0.1, 0.15) is 0 Å². The maximum absolute atomic E-state index is 12.5. The summed E-state index contributed by atoms with van der Waals surface area (Å²) in [5.41, 5.74) is 6.59. The molecule has 0 saturated carbocycles. The second-order valence-electron chi connectivity index (χ2n) is 6.32. The van der Waals surface area contributed by atoms with Crippen molar-refractivity contribution < 1.29 is 4.79 Å². The Morgan fingerprint density at radius 1 is 1.36 bits per heavy atom. The first kappa shape index (κ1) is 17.4. The van der Waals surface area contributed by atoms with E-state index in [4.69, 9.17) is 5.73 Å². The Kier molecular flexibility index (Phi) is 5.94. The van der Waals surface area contributed by atoms with Crippen LogP contribution in [0.2, 0.25) is 0 Å². The largest absolute Gasteiger partial charge is 0.339 e. The van der Waals surface area contributed by atoms with Gasteiger partial charge in [0.2, 0.25) is 5.91 Å². The number of hydrogen-bond acceptors (Lipinski definition) is 5. The van der Waals surface area contributed by atoms with Gasteiger partial charge in [-0.2, -0.15) is 0 Å². The molecule has 2 N–H and O–H groups in total. The lowest BCUT2D eigenvalue weighted by atomic mass is 9.95. The number of aryl methyl sites for hydroxylation is 1. The van der Waals surface area contributed by atoms with Crippen LogP contribution in [-0.4, -0.2) is 52.4 Å². The Bertz CT molecular complexity index is 492. The Labute approximate surface area is 137 Å². The number of rotatable bonds is 6. The zero-order valence-corrected chi connectivity index (χ0v) is 14.8. The van der Waals surface area contributed by atoms with E-state index in [2.05, 4.69) is 29.1 Å². The molecule has 2 heterocycles.